The summed E-state index contributed by atoms with van der Waals surface area (Å²) in [5, 5.41) is 18.0. The van der Waals surface area contributed by atoms with Crippen molar-refractivity contribution in [2.75, 3.05) is 19.6 Å². The van der Waals surface area contributed by atoms with Crippen LogP contribution in [0.3, 0.4) is 0 Å². The van der Waals surface area contributed by atoms with E-state index in [0.717, 1.165) is 61.6 Å². The van der Waals surface area contributed by atoms with Gasteiger partial charge in [0.25, 0.3) is 5.91 Å². The molecule has 2 aromatic carbocycles. The molecular weight excluding hydrogens is 471 g/mol. The second kappa shape index (κ2) is 9.59. The fourth-order valence-corrected chi connectivity index (χ4v) is 5.60. The summed E-state index contributed by atoms with van der Waals surface area (Å²) in [5.74, 6) is -1.08. The molecule has 0 aliphatic carbocycles. The Bertz CT molecular complexity index is 1300. The monoisotopic (exact) mass is 498 g/mol. The van der Waals surface area contributed by atoms with Crippen LogP contribution in [-0.4, -0.2) is 51.2 Å². The highest BCUT2D eigenvalue weighted by atomic mass is 35.5. The van der Waals surface area contributed by atoms with Gasteiger partial charge in [-0.05, 0) is 74.9 Å². The topological polar surface area (TPSA) is 87.5 Å². The van der Waals surface area contributed by atoms with E-state index in [9.17, 15) is 19.1 Å². The first-order valence-electron chi connectivity index (χ1n) is 12.0. The third-order valence-electron chi connectivity index (χ3n) is 7.29. The highest BCUT2D eigenvalue weighted by molar-refractivity contribution is 6.32. The van der Waals surface area contributed by atoms with Crippen molar-refractivity contribution in [3.8, 4) is 5.75 Å². The molecule has 1 atom stereocenters. The number of aryl methyl sites for hydroxylation is 1. The number of halogens is 2. The summed E-state index contributed by atoms with van der Waals surface area (Å²) in [7, 11) is 0. The molecule has 0 spiro atoms. The average molecular weight is 499 g/mol. The molecule has 2 saturated heterocycles. The lowest BCUT2D eigenvalue weighted by Gasteiger charge is -2.32. The SMILES string of the molecule is Cc1nn(C2CCC(=O)NC2=O)c2cccc(CCN3CCC(c4cc(Cl)c(O)cc4F)CC3)c12. The van der Waals surface area contributed by atoms with E-state index >= 15 is 0 Å². The van der Waals surface area contributed by atoms with Crippen molar-refractivity contribution >= 4 is 34.3 Å². The number of carbonyl (C=O) groups is 2. The molecule has 2 fully saturated rings. The zero-order valence-electron chi connectivity index (χ0n) is 19.6. The average Bonchev–Trinajstić information content (AvgIpc) is 3.17. The lowest BCUT2D eigenvalue weighted by Crippen LogP contribution is -2.42. The normalized spacial score (nSPS) is 19.9. The molecule has 9 heteroatoms. The molecule has 184 valence electrons. The van der Waals surface area contributed by atoms with Gasteiger partial charge in [0.05, 0.1) is 16.2 Å². The summed E-state index contributed by atoms with van der Waals surface area (Å²) in [6, 6.07) is 8.24. The van der Waals surface area contributed by atoms with Crippen LogP contribution in [0, 0.1) is 12.7 Å². The highest BCUT2D eigenvalue weighted by Crippen LogP contribution is 2.35. The van der Waals surface area contributed by atoms with Crippen molar-refractivity contribution in [2.24, 2.45) is 0 Å². The zero-order chi connectivity index (χ0) is 24.7. The molecule has 1 aromatic heterocycles. The molecule has 2 aliphatic heterocycles. The van der Waals surface area contributed by atoms with E-state index in [4.69, 9.17) is 11.6 Å². The lowest BCUT2D eigenvalue weighted by molar-refractivity contribution is -0.135. The number of phenolic OH excluding ortho intramolecular Hbond substituents is 1. The number of carbonyl (C=O) groups excluding carboxylic acids is 2. The van der Waals surface area contributed by atoms with E-state index in [1.165, 1.54) is 5.56 Å². The standard InChI is InChI=1S/C26H28ClFN4O3/c1-15-25-17(3-2-4-21(25)32(30-15)22-5-6-24(34)29-26(22)35)9-12-31-10-7-16(8-11-31)18-13-19(27)23(33)14-20(18)28/h2-4,13-14,16,22,33H,5-12H2,1H3,(H,29,34,35). The molecule has 35 heavy (non-hydrogen) atoms. The fraction of sp³-hybridized carbons (Fsp3) is 0.423. The van der Waals surface area contributed by atoms with E-state index in [1.54, 1.807) is 10.7 Å². The molecule has 1 unspecified atom stereocenters. The van der Waals surface area contributed by atoms with Crippen molar-refractivity contribution in [3.63, 3.8) is 0 Å². The van der Waals surface area contributed by atoms with Gasteiger partial charge in [-0.1, -0.05) is 23.7 Å². The van der Waals surface area contributed by atoms with E-state index in [0.29, 0.717) is 18.4 Å². The Morgan fingerprint density at radius 3 is 2.71 bits per heavy atom. The number of rotatable bonds is 5. The molecule has 0 bridgehead atoms. The van der Waals surface area contributed by atoms with Gasteiger partial charge in [0.1, 0.15) is 17.6 Å². The van der Waals surface area contributed by atoms with Crippen LogP contribution in [0.5, 0.6) is 5.75 Å². The number of phenols is 1. The van der Waals surface area contributed by atoms with Crippen LogP contribution in [0.15, 0.2) is 30.3 Å². The first-order valence-corrected chi connectivity index (χ1v) is 12.4. The quantitative estimate of drug-likeness (QED) is 0.514. The van der Waals surface area contributed by atoms with Crippen molar-refractivity contribution in [3.05, 3.63) is 58.0 Å². The number of amides is 2. The minimum Gasteiger partial charge on any atom is -0.506 e. The van der Waals surface area contributed by atoms with E-state index in [2.05, 4.69) is 21.4 Å². The first kappa shape index (κ1) is 23.8. The number of nitrogens with zero attached hydrogens (tertiary/aromatic N) is 3. The van der Waals surface area contributed by atoms with E-state index < -0.39 is 11.9 Å². The Morgan fingerprint density at radius 2 is 1.97 bits per heavy atom. The van der Waals surface area contributed by atoms with Gasteiger partial charge in [-0.2, -0.15) is 5.10 Å². The molecule has 2 N–H and O–H groups in total. The predicted octanol–water partition coefficient (Wildman–Crippen LogP) is 4.24. The molecule has 2 amide bonds. The second-order valence-electron chi connectivity index (χ2n) is 9.50. The molecule has 3 heterocycles. The number of hydrogen-bond acceptors (Lipinski definition) is 5. The largest absolute Gasteiger partial charge is 0.506 e. The maximum absolute atomic E-state index is 14.4. The van der Waals surface area contributed by atoms with Crippen LogP contribution in [0.1, 0.15) is 54.5 Å². The number of fused-ring (bicyclic) bond motifs is 1. The molecule has 7 nitrogen and oxygen atoms in total. The first-order chi connectivity index (χ1) is 16.8. The smallest absolute Gasteiger partial charge is 0.251 e. The van der Waals surface area contributed by atoms with Gasteiger partial charge >= 0.3 is 0 Å². The van der Waals surface area contributed by atoms with Crippen LogP contribution >= 0.6 is 11.6 Å². The van der Waals surface area contributed by atoms with Gasteiger partial charge < -0.3 is 10.0 Å². The maximum Gasteiger partial charge on any atom is 0.251 e. The minimum absolute atomic E-state index is 0.0850. The van der Waals surface area contributed by atoms with Gasteiger partial charge in [-0.15, -0.1) is 0 Å². The Morgan fingerprint density at radius 1 is 1.20 bits per heavy atom. The predicted molar refractivity (Wildman–Crippen MR) is 131 cm³/mol. The summed E-state index contributed by atoms with van der Waals surface area (Å²) < 4.78 is 16.1. The number of likely N-dealkylation sites (tertiary alicyclic amines) is 1. The zero-order valence-corrected chi connectivity index (χ0v) is 20.3. The Kier molecular flexibility index (Phi) is 6.51. The maximum atomic E-state index is 14.4. The summed E-state index contributed by atoms with van der Waals surface area (Å²) in [6.07, 6.45) is 3.26. The van der Waals surface area contributed by atoms with Crippen LogP contribution in [-0.2, 0) is 16.0 Å². The van der Waals surface area contributed by atoms with E-state index in [-0.39, 0.29) is 28.5 Å². The fourth-order valence-electron chi connectivity index (χ4n) is 5.43. The summed E-state index contributed by atoms with van der Waals surface area (Å²) >= 11 is 6.01. The van der Waals surface area contributed by atoms with Gasteiger partial charge in [-0.3, -0.25) is 19.6 Å². The van der Waals surface area contributed by atoms with Crippen molar-refractivity contribution < 1.29 is 19.1 Å². The third-order valence-corrected chi connectivity index (χ3v) is 7.59. The number of aromatic nitrogens is 2. The summed E-state index contributed by atoms with van der Waals surface area (Å²) in [5.41, 5.74) is 3.54. The molecule has 0 radical (unpaired) electrons. The van der Waals surface area contributed by atoms with Crippen LogP contribution in [0.4, 0.5) is 4.39 Å². The highest BCUT2D eigenvalue weighted by Gasteiger charge is 2.30. The number of nitrogens with one attached hydrogen (secondary N) is 1. The van der Waals surface area contributed by atoms with Crippen molar-refractivity contribution in [1.29, 1.82) is 0 Å². The third kappa shape index (κ3) is 4.65. The van der Waals surface area contributed by atoms with Crippen LogP contribution < -0.4 is 5.32 Å². The van der Waals surface area contributed by atoms with Crippen LogP contribution in [0.25, 0.3) is 10.9 Å². The summed E-state index contributed by atoms with van der Waals surface area (Å²) in [4.78, 5) is 26.4. The number of imide groups is 1. The van der Waals surface area contributed by atoms with Crippen molar-refractivity contribution in [1.82, 2.24) is 20.0 Å². The molecular formula is C26H28ClFN4O3. The van der Waals surface area contributed by atoms with E-state index in [1.807, 2.05) is 19.1 Å². The number of piperidine rings is 2. The Balaban J connectivity index is 1.27. The van der Waals surface area contributed by atoms with Gasteiger partial charge in [0.2, 0.25) is 5.91 Å². The molecule has 2 aliphatic rings. The number of benzene rings is 2. The molecule has 0 saturated carbocycles. The minimum atomic E-state index is -0.480. The summed E-state index contributed by atoms with van der Waals surface area (Å²) in [6.45, 7) is 4.53. The molecule has 3 aromatic rings. The van der Waals surface area contributed by atoms with Gasteiger partial charge in [-0.25, -0.2) is 4.39 Å². The second-order valence-corrected chi connectivity index (χ2v) is 9.91. The van der Waals surface area contributed by atoms with Gasteiger partial charge in [0.15, 0.2) is 0 Å². The number of hydrogen-bond donors (Lipinski definition) is 2. The van der Waals surface area contributed by atoms with Crippen LogP contribution in [0.2, 0.25) is 5.02 Å². The van der Waals surface area contributed by atoms with Crippen molar-refractivity contribution in [2.45, 2.75) is 51.0 Å². The Hall–Kier alpha value is -2.97. The molecule has 5 rings (SSSR count). The van der Waals surface area contributed by atoms with Gasteiger partial charge in [0, 0.05) is 24.4 Å². The Labute approximate surface area is 207 Å². The number of aromatic hydroxyl groups is 1. The lowest BCUT2D eigenvalue weighted by atomic mass is 9.89.